The fraction of sp³-hybridized carbons (Fsp3) is 0.318. The molecule has 1 aliphatic heterocycles. The molecule has 0 spiro atoms. The minimum Gasteiger partial charge on any atom is -0.493 e. The van der Waals surface area contributed by atoms with Gasteiger partial charge in [-0.3, -0.25) is 0 Å². The highest BCUT2D eigenvalue weighted by molar-refractivity contribution is 5.67. The number of fused-ring (bicyclic) bond motifs is 1. The number of anilines is 1. The van der Waals surface area contributed by atoms with Crippen LogP contribution < -0.4 is 14.8 Å². The first-order chi connectivity index (χ1) is 14.0. The average molecular weight is 399 g/mol. The van der Waals surface area contributed by atoms with Crippen LogP contribution in [0, 0.1) is 6.92 Å². The largest absolute Gasteiger partial charge is 0.493 e. The molecule has 4 rings (SSSR count). The predicted octanol–water partition coefficient (Wildman–Crippen LogP) is 5.24. The van der Waals surface area contributed by atoms with Crippen molar-refractivity contribution in [3.8, 4) is 22.8 Å². The van der Waals surface area contributed by atoms with Crippen LogP contribution in [0.2, 0.25) is 0 Å². The van der Waals surface area contributed by atoms with Crippen molar-refractivity contribution in [2.75, 3.05) is 19.5 Å². The first kappa shape index (κ1) is 19.2. The third-order valence-electron chi connectivity index (χ3n) is 5.37. The van der Waals surface area contributed by atoms with Gasteiger partial charge in [-0.25, -0.2) is 13.5 Å². The summed E-state index contributed by atoms with van der Waals surface area (Å²) in [7, 11) is 3.12. The monoisotopic (exact) mass is 399 g/mol. The third-order valence-corrected chi connectivity index (χ3v) is 5.37. The normalized spacial score (nSPS) is 18.3. The van der Waals surface area contributed by atoms with E-state index in [0.717, 1.165) is 16.7 Å². The second-order valence-corrected chi connectivity index (χ2v) is 7.12. The molecule has 7 heteroatoms. The van der Waals surface area contributed by atoms with Gasteiger partial charge in [0.2, 0.25) is 0 Å². The minimum absolute atomic E-state index is 0.217. The summed E-state index contributed by atoms with van der Waals surface area (Å²) in [5.74, 6) is 1.75. The topological polar surface area (TPSA) is 48.3 Å². The van der Waals surface area contributed by atoms with E-state index in [1.807, 2.05) is 49.4 Å². The number of nitrogens with zero attached hydrogens (tertiary/aromatic N) is 2. The lowest BCUT2D eigenvalue weighted by Gasteiger charge is -2.32. The van der Waals surface area contributed by atoms with Gasteiger partial charge in [-0.15, -0.1) is 0 Å². The van der Waals surface area contributed by atoms with Gasteiger partial charge in [0.15, 0.2) is 11.5 Å². The molecule has 1 aromatic heterocycles. The number of methoxy groups -OCH3 is 2. The highest BCUT2D eigenvalue weighted by atomic mass is 19.3. The highest BCUT2D eigenvalue weighted by Crippen LogP contribution is 2.41. The van der Waals surface area contributed by atoms with Crippen LogP contribution in [0.25, 0.3) is 11.3 Å². The predicted molar refractivity (Wildman–Crippen MR) is 108 cm³/mol. The van der Waals surface area contributed by atoms with Crippen molar-refractivity contribution in [3.63, 3.8) is 0 Å². The zero-order valence-electron chi connectivity index (χ0n) is 16.5. The Hall–Kier alpha value is -3.09. The third kappa shape index (κ3) is 3.52. The van der Waals surface area contributed by atoms with E-state index < -0.39 is 12.5 Å². The molecule has 0 amide bonds. The first-order valence-electron chi connectivity index (χ1n) is 9.44. The van der Waals surface area contributed by atoms with Gasteiger partial charge in [-0.2, -0.15) is 5.10 Å². The van der Waals surface area contributed by atoms with Gasteiger partial charge in [0.1, 0.15) is 11.9 Å². The number of hydrogen-bond donors (Lipinski definition) is 1. The second kappa shape index (κ2) is 7.73. The molecule has 152 valence electrons. The molecule has 0 saturated carbocycles. The molecule has 3 aromatic rings. The molecule has 2 atom stereocenters. The molecule has 0 saturated heterocycles. The number of rotatable bonds is 5. The van der Waals surface area contributed by atoms with Gasteiger partial charge in [-0.1, -0.05) is 30.3 Å². The lowest BCUT2D eigenvalue weighted by Crippen LogP contribution is -2.30. The Balaban J connectivity index is 1.72. The number of aryl methyl sites for hydroxylation is 1. The van der Waals surface area contributed by atoms with E-state index in [2.05, 4.69) is 10.4 Å². The Morgan fingerprint density at radius 1 is 1.07 bits per heavy atom. The second-order valence-electron chi connectivity index (χ2n) is 7.12. The van der Waals surface area contributed by atoms with Crippen LogP contribution in [0.15, 0.2) is 48.5 Å². The van der Waals surface area contributed by atoms with Crippen LogP contribution in [0.5, 0.6) is 11.5 Å². The van der Waals surface area contributed by atoms with Gasteiger partial charge in [0, 0.05) is 11.6 Å². The zero-order valence-corrected chi connectivity index (χ0v) is 16.5. The van der Waals surface area contributed by atoms with Crippen LogP contribution in [-0.4, -0.2) is 30.4 Å². The van der Waals surface area contributed by atoms with Crippen molar-refractivity contribution in [1.29, 1.82) is 0 Å². The maximum Gasteiger partial charge on any atom is 0.260 e. The summed E-state index contributed by atoms with van der Waals surface area (Å²) in [6.07, 6.45) is -2.31. The van der Waals surface area contributed by atoms with Crippen LogP contribution >= 0.6 is 0 Å². The van der Waals surface area contributed by atoms with E-state index in [0.29, 0.717) is 23.0 Å². The maximum absolute atomic E-state index is 13.9. The van der Waals surface area contributed by atoms with Crippen molar-refractivity contribution in [2.45, 2.75) is 31.9 Å². The van der Waals surface area contributed by atoms with Crippen LogP contribution in [0.4, 0.5) is 14.6 Å². The quantitative estimate of drug-likeness (QED) is 0.638. The molecule has 0 radical (unpaired) electrons. The average Bonchev–Trinajstić information content (AvgIpc) is 3.16. The van der Waals surface area contributed by atoms with E-state index in [-0.39, 0.29) is 12.5 Å². The lowest BCUT2D eigenvalue weighted by molar-refractivity contribution is 0.0659. The summed E-state index contributed by atoms with van der Waals surface area (Å²) < 4.78 is 39.9. The molecular weight excluding hydrogens is 376 g/mol. The molecule has 5 nitrogen and oxygen atoms in total. The maximum atomic E-state index is 13.9. The van der Waals surface area contributed by atoms with Crippen molar-refractivity contribution < 1.29 is 18.3 Å². The number of alkyl halides is 2. The molecule has 1 N–H and O–H groups in total. The number of benzene rings is 2. The standard InChI is InChI=1S/C22H23F2N3O2/c1-13-6-4-5-7-15(13)17-12-21-25-16(11-18(22(23)24)27(21)26-17)14-8-9-19(28-2)20(10-14)29-3/h4-10,12,16,18,22,25H,11H2,1-3H3. The van der Waals surface area contributed by atoms with Crippen LogP contribution in [0.3, 0.4) is 0 Å². The summed E-state index contributed by atoms with van der Waals surface area (Å²) >= 11 is 0. The Morgan fingerprint density at radius 2 is 1.83 bits per heavy atom. The number of nitrogens with one attached hydrogen (secondary N) is 1. The van der Waals surface area contributed by atoms with E-state index in [9.17, 15) is 8.78 Å². The smallest absolute Gasteiger partial charge is 0.260 e. The summed E-state index contributed by atoms with van der Waals surface area (Å²) in [5.41, 5.74) is 3.53. The van der Waals surface area contributed by atoms with Crippen molar-refractivity contribution in [3.05, 3.63) is 59.7 Å². The highest BCUT2D eigenvalue weighted by Gasteiger charge is 2.35. The molecule has 0 bridgehead atoms. The Bertz CT molecular complexity index is 1020. The van der Waals surface area contributed by atoms with Gasteiger partial charge in [0.05, 0.1) is 26.0 Å². The van der Waals surface area contributed by atoms with Crippen molar-refractivity contribution in [1.82, 2.24) is 9.78 Å². The molecule has 0 fully saturated rings. The summed E-state index contributed by atoms with van der Waals surface area (Å²) in [6.45, 7) is 1.98. The van der Waals surface area contributed by atoms with E-state index in [1.54, 1.807) is 20.3 Å². The SMILES string of the molecule is COc1ccc(C2CC(C(F)F)n3nc(-c4ccccc4C)cc3N2)cc1OC. The Kier molecular flexibility index (Phi) is 5.13. The summed E-state index contributed by atoms with van der Waals surface area (Å²) in [4.78, 5) is 0. The lowest BCUT2D eigenvalue weighted by atomic mass is 9.97. The molecule has 0 aliphatic carbocycles. The number of ether oxygens (including phenoxy) is 2. The Morgan fingerprint density at radius 3 is 2.52 bits per heavy atom. The minimum atomic E-state index is -2.52. The fourth-order valence-corrected chi connectivity index (χ4v) is 3.82. The van der Waals surface area contributed by atoms with Crippen LogP contribution in [0.1, 0.15) is 29.6 Å². The van der Waals surface area contributed by atoms with Crippen LogP contribution in [-0.2, 0) is 0 Å². The van der Waals surface area contributed by atoms with Gasteiger partial charge in [0.25, 0.3) is 6.43 Å². The summed E-state index contributed by atoms with van der Waals surface area (Å²) in [5, 5.41) is 7.87. The van der Waals surface area contributed by atoms with Crippen molar-refractivity contribution in [2.24, 2.45) is 0 Å². The van der Waals surface area contributed by atoms with E-state index in [4.69, 9.17) is 9.47 Å². The molecule has 29 heavy (non-hydrogen) atoms. The molecule has 2 heterocycles. The molecule has 1 aliphatic rings. The van der Waals surface area contributed by atoms with E-state index >= 15 is 0 Å². The molecular formula is C22H23F2N3O2. The fourth-order valence-electron chi connectivity index (χ4n) is 3.82. The Labute approximate surface area is 168 Å². The first-order valence-corrected chi connectivity index (χ1v) is 9.44. The number of hydrogen-bond acceptors (Lipinski definition) is 4. The van der Waals surface area contributed by atoms with Gasteiger partial charge >= 0.3 is 0 Å². The van der Waals surface area contributed by atoms with Gasteiger partial charge in [-0.05, 0) is 36.6 Å². The molecule has 2 unspecified atom stereocenters. The van der Waals surface area contributed by atoms with Crippen molar-refractivity contribution >= 4 is 5.82 Å². The van der Waals surface area contributed by atoms with Gasteiger partial charge < -0.3 is 14.8 Å². The van der Waals surface area contributed by atoms with E-state index in [1.165, 1.54) is 4.68 Å². The number of aromatic nitrogens is 2. The molecule has 2 aromatic carbocycles. The number of halogens is 2. The summed E-state index contributed by atoms with van der Waals surface area (Å²) in [6, 6.07) is 13.8. The zero-order chi connectivity index (χ0) is 20.5.